The Labute approximate surface area is 87.7 Å². The third-order valence-electron chi connectivity index (χ3n) is 2.14. The van der Waals surface area contributed by atoms with Gasteiger partial charge in [0.25, 0.3) is 0 Å². The first-order valence-electron chi connectivity index (χ1n) is 4.69. The quantitative estimate of drug-likeness (QED) is 0.681. The molecule has 0 saturated heterocycles. The third kappa shape index (κ3) is 1.93. The predicted molar refractivity (Wildman–Crippen MR) is 57.9 cm³/mol. The summed E-state index contributed by atoms with van der Waals surface area (Å²) in [6, 6.07) is 0. The van der Waals surface area contributed by atoms with E-state index in [1.54, 1.807) is 36.4 Å². The van der Waals surface area contributed by atoms with Crippen molar-refractivity contribution in [2.75, 3.05) is 0 Å². The van der Waals surface area contributed by atoms with E-state index in [9.17, 15) is 4.79 Å². The van der Waals surface area contributed by atoms with Gasteiger partial charge in [-0.15, -0.1) is 0 Å². The molecule has 0 aromatic carbocycles. The van der Waals surface area contributed by atoms with Crippen LogP contribution in [-0.4, -0.2) is 21.5 Å². The van der Waals surface area contributed by atoms with E-state index in [1.807, 2.05) is 12.2 Å². The maximum Gasteiger partial charge on any atom is 0.229 e. The van der Waals surface area contributed by atoms with Crippen LogP contribution in [-0.2, 0) is 7.05 Å². The third-order valence-corrected chi connectivity index (χ3v) is 2.14. The first-order valence-corrected chi connectivity index (χ1v) is 4.69. The summed E-state index contributed by atoms with van der Waals surface area (Å²) in [5, 5.41) is 0. The van der Waals surface area contributed by atoms with Gasteiger partial charge in [-0.1, -0.05) is 12.2 Å². The number of ketones is 1. The fraction of sp³-hybridized carbons (Fsp3) is 0.182. The zero-order chi connectivity index (χ0) is 10.7. The molecule has 0 atom stereocenters. The number of aliphatic imine (C=N–C) groups is 1. The number of rotatable bonds is 2. The van der Waals surface area contributed by atoms with Gasteiger partial charge in [-0.2, -0.15) is 0 Å². The Kier molecular flexibility index (Phi) is 2.58. The van der Waals surface area contributed by atoms with Crippen molar-refractivity contribution in [1.82, 2.24) is 9.55 Å². The predicted octanol–water partition coefficient (Wildman–Crippen LogP) is 1.52. The number of Topliss-reactive ketones (excluding diaryl/α,β-unsaturated/α-hetero) is 1. The maximum atomic E-state index is 12.0. The summed E-state index contributed by atoms with van der Waals surface area (Å²) in [6.45, 7) is 0. The molecular formula is C11H11N3O. The van der Waals surface area contributed by atoms with E-state index in [1.165, 1.54) is 0 Å². The smallest absolute Gasteiger partial charge is 0.229 e. The molecule has 15 heavy (non-hydrogen) atoms. The van der Waals surface area contributed by atoms with E-state index in [4.69, 9.17) is 0 Å². The molecule has 0 spiro atoms. The Morgan fingerprint density at radius 2 is 2.40 bits per heavy atom. The van der Waals surface area contributed by atoms with E-state index in [0.717, 1.165) is 6.42 Å². The maximum absolute atomic E-state index is 12.0. The van der Waals surface area contributed by atoms with Crippen molar-refractivity contribution in [3.8, 4) is 0 Å². The van der Waals surface area contributed by atoms with Gasteiger partial charge in [-0.05, 0) is 6.08 Å². The van der Waals surface area contributed by atoms with E-state index >= 15 is 0 Å². The minimum atomic E-state index is -0.0993. The zero-order valence-corrected chi connectivity index (χ0v) is 8.42. The molecule has 0 N–H and O–H groups in total. The Morgan fingerprint density at radius 3 is 3.13 bits per heavy atom. The molecule has 4 heteroatoms. The minimum Gasteiger partial charge on any atom is -0.331 e. The van der Waals surface area contributed by atoms with Crippen molar-refractivity contribution in [3.63, 3.8) is 0 Å². The highest BCUT2D eigenvalue weighted by molar-refractivity contribution is 6.08. The molecule has 1 aromatic heterocycles. The molecule has 0 amide bonds. The lowest BCUT2D eigenvalue weighted by Crippen LogP contribution is -2.07. The van der Waals surface area contributed by atoms with Gasteiger partial charge in [0.2, 0.25) is 5.78 Å². The molecule has 0 aliphatic carbocycles. The number of allylic oxidation sites excluding steroid dienone is 4. The number of hydrogen-bond donors (Lipinski definition) is 0. The van der Waals surface area contributed by atoms with Crippen molar-refractivity contribution in [1.29, 1.82) is 0 Å². The largest absolute Gasteiger partial charge is 0.331 e. The average molecular weight is 201 g/mol. The molecule has 1 aliphatic heterocycles. The topological polar surface area (TPSA) is 47.2 Å². The highest BCUT2D eigenvalue weighted by Gasteiger charge is 2.14. The van der Waals surface area contributed by atoms with Crippen LogP contribution in [0.5, 0.6) is 0 Å². The van der Waals surface area contributed by atoms with Gasteiger partial charge < -0.3 is 4.57 Å². The van der Waals surface area contributed by atoms with Crippen LogP contribution in [0.15, 0.2) is 41.4 Å². The average Bonchev–Trinajstić information content (AvgIpc) is 2.53. The number of aryl methyl sites for hydroxylation is 1. The summed E-state index contributed by atoms with van der Waals surface area (Å²) >= 11 is 0. The normalized spacial score (nSPS) is 14.9. The van der Waals surface area contributed by atoms with Gasteiger partial charge in [0.15, 0.2) is 0 Å². The van der Waals surface area contributed by atoms with Crippen LogP contribution in [0.2, 0.25) is 0 Å². The number of carbonyl (C=O) groups is 1. The summed E-state index contributed by atoms with van der Waals surface area (Å²) in [6.07, 6.45) is 11.2. The number of carbonyl (C=O) groups excluding carboxylic acids is 1. The molecule has 0 radical (unpaired) electrons. The lowest BCUT2D eigenvalue weighted by atomic mass is 10.2. The second-order valence-electron chi connectivity index (χ2n) is 3.25. The highest BCUT2D eigenvalue weighted by atomic mass is 16.1. The van der Waals surface area contributed by atoms with Crippen molar-refractivity contribution in [2.45, 2.75) is 6.42 Å². The number of aromatic nitrogens is 2. The summed E-state index contributed by atoms with van der Waals surface area (Å²) in [5.74, 6) is -0.0993. The molecule has 1 aliphatic rings. The second-order valence-corrected chi connectivity index (χ2v) is 3.25. The highest BCUT2D eigenvalue weighted by Crippen LogP contribution is 2.10. The zero-order valence-electron chi connectivity index (χ0n) is 8.42. The first-order chi connectivity index (χ1) is 7.29. The molecular weight excluding hydrogens is 190 g/mol. The fourth-order valence-corrected chi connectivity index (χ4v) is 1.33. The molecule has 1 aromatic rings. The molecule has 2 rings (SSSR count). The van der Waals surface area contributed by atoms with Gasteiger partial charge in [0, 0.05) is 19.7 Å². The molecule has 0 bridgehead atoms. The Hall–Kier alpha value is -1.97. The van der Waals surface area contributed by atoms with Crippen LogP contribution < -0.4 is 0 Å². The van der Waals surface area contributed by atoms with Gasteiger partial charge in [-0.3, -0.25) is 9.79 Å². The summed E-state index contributed by atoms with van der Waals surface area (Å²) in [4.78, 5) is 20.0. The Morgan fingerprint density at radius 1 is 1.53 bits per heavy atom. The summed E-state index contributed by atoms with van der Waals surface area (Å²) in [7, 11) is 1.79. The van der Waals surface area contributed by atoms with E-state index in [0.29, 0.717) is 11.4 Å². The molecule has 2 heterocycles. The molecule has 0 unspecified atom stereocenters. The number of hydrogen-bond acceptors (Lipinski definition) is 3. The SMILES string of the molecule is Cn1cncc1C(=O)C1=CC=CCC=N1. The molecule has 76 valence electrons. The lowest BCUT2D eigenvalue weighted by molar-refractivity contribution is 0.102. The number of imidazole rings is 1. The van der Waals surface area contributed by atoms with Crippen LogP contribution in [0.3, 0.4) is 0 Å². The minimum absolute atomic E-state index is 0.0993. The second kappa shape index (κ2) is 4.04. The number of nitrogens with zero attached hydrogens (tertiary/aromatic N) is 3. The molecule has 4 nitrogen and oxygen atoms in total. The fourth-order valence-electron chi connectivity index (χ4n) is 1.33. The summed E-state index contributed by atoms with van der Waals surface area (Å²) in [5.41, 5.74) is 1.00. The van der Waals surface area contributed by atoms with Crippen molar-refractivity contribution < 1.29 is 4.79 Å². The van der Waals surface area contributed by atoms with E-state index in [2.05, 4.69) is 9.98 Å². The van der Waals surface area contributed by atoms with Gasteiger partial charge in [0.05, 0.1) is 12.5 Å². The van der Waals surface area contributed by atoms with Crippen LogP contribution in [0.1, 0.15) is 16.9 Å². The van der Waals surface area contributed by atoms with Crippen LogP contribution in [0.25, 0.3) is 0 Å². The van der Waals surface area contributed by atoms with Crippen LogP contribution in [0.4, 0.5) is 0 Å². The van der Waals surface area contributed by atoms with Crippen LogP contribution >= 0.6 is 0 Å². The van der Waals surface area contributed by atoms with Gasteiger partial charge in [-0.25, -0.2) is 4.98 Å². The Balaban J connectivity index is 2.32. The summed E-state index contributed by atoms with van der Waals surface area (Å²) < 4.78 is 1.69. The monoisotopic (exact) mass is 201 g/mol. The van der Waals surface area contributed by atoms with Crippen molar-refractivity contribution in [3.05, 3.63) is 42.1 Å². The van der Waals surface area contributed by atoms with Crippen molar-refractivity contribution >= 4 is 12.0 Å². The van der Waals surface area contributed by atoms with Crippen molar-refractivity contribution in [2.24, 2.45) is 12.0 Å². The molecule has 0 fully saturated rings. The first kappa shape index (κ1) is 9.58. The van der Waals surface area contributed by atoms with E-state index in [-0.39, 0.29) is 5.78 Å². The van der Waals surface area contributed by atoms with E-state index < -0.39 is 0 Å². The molecule has 0 saturated carbocycles. The van der Waals surface area contributed by atoms with Crippen LogP contribution in [0, 0.1) is 0 Å². The lowest BCUT2D eigenvalue weighted by Gasteiger charge is -2.00. The Bertz CT molecular complexity index is 466. The van der Waals surface area contributed by atoms with Gasteiger partial charge >= 0.3 is 0 Å². The standard InChI is InChI=1S/C11H11N3O/c1-14-8-12-7-10(14)11(15)9-5-3-2-4-6-13-9/h2-3,5-8H,4H2,1H3. The van der Waals surface area contributed by atoms with Gasteiger partial charge in [0.1, 0.15) is 11.4 Å².